The molecule has 8 nitrogen and oxygen atoms in total. The number of amides is 2. The third kappa shape index (κ3) is 7.16. The van der Waals surface area contributed by atoms with Gasteiger partial charge in [0.2, 0.25) is 11.8 Å². The van der Waals surface area contributed by atoms with Gasteiger partial charge in [0, 0.05) is 34.2 Å². The zero-order valence-corrected chi connectivity index (χ0v) is 24.6. The topological polar surface area (TPSA) is 96.0 Å². The summed E-state index contributed by atoms with van der Waals surface area (Å²) < 4.78 is 33.8. The van der Waals surface area contributed by atoms with E-state index in [0.717, 1.165) is 4.31 Å². The van der Waals surface area contributed by atoms with Crippen molar-refractivity contribution in [1.29, 1.82) is 0 Å². The van der Waals surface area contributed by atoms with Gasteiger partial charge < -0.3 is 15.0 Å². The van der Waals surface area contributed by atoms with E-state index in [4.69, 9.17) is 39.5 Å². The van der Waals surface area contributed by atoms with Crippen LogP contribution in [0.15, 0.2) is 71.6 Å². The average Bonchev–Trinajstić information content (AvgIpc) is 2.93. The Morgan fingerprint density at radius 1 is 0.949 bits per heavy atom. The Labute approximate surface area is 243 Å². The van der Waals surface area contributed by atoms with Crippen LogP contribution in [0.5, 0.6) is 5.75 Å². The fourth-order valence-corrected chi connectivity index (χ4v) is 6.01. The summed E-state index contributed by atoms with van der Waals surface area (Å²) in [5, 5.41) is 3.59. The van der Waals surface area contributed by atoms with Gasteiger partial charge in [-0.1, -0.05) is 47.8 Å². The summed E-state index contributed by atoms with van der Waals surface area (Å²) in [6, 6.07) is 15.9. The Morgan fingerprint density at radius 2 is 1.54 bits per heavy atom. The molecular weight excluding hydrogens is 585 g/mol. The number of nitrogens with one attached hydrogen (secondary N) is 1. The van der Waals surface area contributed by atoms with Crippen LogP contribution in [-0.2, 0) is 26.2 Å². The van der Waals surface area contributed by atoms with E-state index in [1.807, 2.05) is 0 Å². The molecule has 0 saturated heterocycles. The summed E-state index contributed by atoms with van der Waals surface area (Å²) in [7, 11) is -1.30. The van der Waals surface area contributed by atoms with E-state index < -0.39 is 34.4 Å². The van der Waals surface area contributed by atoms with Gasteiger partial charge in [-0.05, 0) is 67.1 Å². The van der Waals surface area contributed by atoms with Gasteiger partial charge in [0.1, 0.15) is 18.3 Å². The number of halogens is 3. The number of hydrogen-bond donors (Lipinski definition) is 1. The van der Waals surface area contributed by atoms with Crippen molar-refractivity contribution < 1.29 is 22.7 Å². The van der Waals surface area contributed by atoms with Gasteiger partial charge in [-0.25, -0.2) is 8.42 Å². The van der Waals surface area contributed by atoms with Crippen LogP contribution in [0.1, 0.15) is 18.9 Å². The molecule has 0 saturated carbocycles. The normalized spacial score (nSPS) is 11.9. The highest BCUT2D eigenvalue weighted by molar-refractivity contribution is 7.92. The van der Waals surface area contributed by atoms with Crippen molar-refractivity contribution in [2.24, 2.45) is 0 Å². The van der Waals surface area contributed by atoms with E-state index in [-0.39, 0.29) is 23.5 Å². The van der Waals surface area contributed by atoms with Crippen molar-refractivity contribution in [1.82, 2.24) is 10.2 Å². The second-order valence-electron chi connectivity index (χ2n) is 8.42. The number of anilines is 1. The van der Waals surface area contributed by atoms with Crippen LogP contribution in [0.2, 0.25) is 15.1 Å². The maximum atomic E-state index is 13.9. The first-order valence-electron chi connectivity index (χ1n) is 11.9. The van der Waals surface area contributed by atoms with Crippen LogP contribution in [0.4, 0.5) is 5.69 Å². The Bertz CT molecular complexity index is 1400. The van der Waals surface area contributed by atoms with Crippen molar-refractivity contribution in [2.75, 3.05) is 25.0 Å². The lowest BCUT2D eigenvalue weighted by molar-refractivity contribution is -0.140. The molecule has 0 radical (unpaired) electrons. The fourth-order valence-electron chi connectivity index (χ4n) is 3.95. The lowest BCUT2D eigenvalue weighted by Gasteiger charge is -2.33. The molecule has 0 aliphatic heterocycles. The van der Waals surface area contributed by atoms with Gasteiger partial charge in [0.05, 0.1) is 17.7 Å². The summed E-state index contributed by atoms with van der Waals surface area (Å²) in [6.07, 6.45) is 0.264. The number of hydrogen-bond acceptors (Lipinski definition) is 5. The number of carbonyl (C=O) groups excluding carboxylic acids is 2. The van der Waals surface area contributed by atoms with Crippen molar-refractivity contribution in [3.63, 3.8) is 0 Å². The first kappa shape index (κ1) is 30.6. The van der Waals surface area contributed by atoms with E-state index in [1.165, 1.54) is 67.6 Å². The number of benzene rings is 3. The molecule has 0 aliphatic rings. The van der Waals surface area contributed by atoms with Crippen molar-refractivity contribution in [2.45, 2.75) is 30.8 Å². The lowest BCUT2D eigenvalue weighted by atomic mass is 10.1. The highest BCUT2D eigenvalue weighted by Crippen LogP contribution is 2.29. The number of methoxy groups -OCH3 is 1. The SMILES string of the molecule is CC[C@@H](C(=O)NC)N(Cc1c(Cl)cccc1Cl)C(=O)CN(c1ccc(Cl)cc1)S(=O)(=O)c1ccc(OC)cc1. The largest absolute Gasteiger partial charge is 0.497 e. The predicted molar refractivity (Wildman–Crippen MR) is 154 cm³/mol. The Kier molecular flexibility index (Phi) is 10.5. The monoisotopic (exact) mass is 611 g/mol. The summed E-state index contributed by atoms with van der Waals surface area (Å²) in [6.45, 7) is 1.03. The molecule has 12 heteroatoms. The molecule has 1 atom stereocenters. The van der Waals surface area contributed by atoms with E-state index in [9.17, 15) is 18.0 Å². The molecule has 0 unspecified atom stereocenters. The minimum Gasteiger partial charge on any atom is -0.497 e. The zero-order chi connectivity index (χ0) is 28.7. The molecule has 39 heavy (non-hydrogen) atoms. The molecule has 3 aromatic rings. The quantitative estimate of drug-likeness (QED) is 0.313. The third-order valence-corrected chi connectivity index (χ3v) is 8.81. The van der Waals surface area contributed by atoms with Crippen LogP contribution < -0.4 is 14.4 Å². The summed E-state index contributed by atoms with van der Waals surface area (Å²) in [4.78, 5) is 28.0. The smallest absolute Gasteiger partial charge is 0.264 e. The van der Waals surface area contributed by atoms with E-state index >= 15 is 0 Å². The molecule has 0 bridgehead atoms. The maximum absolute atomic E-state index is 13.9. The van der Waals surface area contributed by atoms with Gasteiger partial charge in [0.15, 0.2) is 0 Å². The minimum atomic E-state index is -4.23. The van der Waals surface area contributed by atoms with E-state index in [2.05, 4.69) is 5.32 Å². The Hall–Kier alpha value is -2.98. The van der Waals surface area contributed by atoms with Crippen molar-refractivity contribution in [3.8, 4) is 5.75 Å². The number of rotatable bonds is 11. The molecule has 3 rings (SSSR count). The molecule has 2 amide bonds. The van der Waals surface area contributed by atoms with Crippen LogP contribution in [-0.4, -0.2) is 51.9 Å². The number of ether oxygens (including phenoxy) is 1. The van der Waals surface area contributed by atoms with Crippen molar-refractivity contribution >= 4 is 62.3 Å². The Balaban J connectivity index is 2.09. The number of likely N-dealkylation sites (N-methyl/N-ethyl adjacent to an activating group) is 1. The maximum Gasteiger partial charge on any atom is 0.264 e. The van der Waals surface area contributed by atoms with Gasteiger partial charge in [0.25, 0.3) is 10.0 Å². The van der Waals surface area contributed by atoms with Gasteiger partial charge >= 0.3 is 0 Å². The van der Waals surface area contributed by atoms with Gasteiger partial charge in [-0.15, -0.1) is 0 Å². The minimum absolute atomic E-state index is 0.0508. The van der Waals surface area contributed by atoms with E-state index in [1.54, 1.807) is 25.1 Å². The number of nitrogens with zero attached hydrogens (tertiary/aromatic N) is 2. The van der Waals surface area contributed by atoms with Crippen molar-refractivity contribution in [3.05, 3.63) is 87.4 Å². The van der Waals surface area contributed by atoms with Gasteiger partial charge in [-0.3, -0.25) is 13.9 Å². The molecule has 0 heterocycles. The van der Waals surface area contributed by atoms with Crippen LogP contribution in [0.25, 0.3) is 0 Å². The molecule has 3 aromatic carbocycles. The van der Waals surface area contributed by atoms with Crippen LogP contribution in [0, 0.1) is 0 Å². The first-order chi connectivity index (χ1) is 18.5. The second kappa shape index (κ2) is 13.4. The number of carbonyl (C=O) groups is 2. The van der Waals surface area contributed by atoms with Gasteiger partial charge in [-0.2, -0.15) is 0 Å². The summed E-state index contributed by atoms with van der Waals surface area (Å²) >= 11 is 18.8. The first-order valence-corrected chi connectivity index (χ1v) is 14.5. The van der Waals surface area contributed by atoms with Crippen LogP contribution >= 0.6 is 34.8 Å². The fraction of sp³-hybridized carbons (Fsp3) is 0.259. The highest BCUT2D eigenvalue weighted by atomic mass is 35.5. The average molecular weight is 613 g/mol. The standard InChI is InChI=1S/C27H28Cl3N3O5S/c1-4-25(27(35)31-2)32(16-22-23(29)6-5-7-24(22)30)26(34)17-33(19-10-8-18(28)9-11-19)39(36,37)21-14-12-20(38-3)13-15-21/h5-15,25H,4,16-17H2,1-3H3,(H,31,35)/t25-/m0/s1. The third-order valence-electron chi connectivity index (χ3n) is 6.06. The summed E-state index contributed by atoms with van der Waals surface area (Å²) in [5.41, 5.74) is 0.653. The molecule has 0 aromatic heterocycles. The summed E-state index contributed by atoms with van der Waals surface area (Å²) in [5.74, 6) is -0.569. The molecule has 208 valence electrons. The molecule has 0 fully saturated rings. The molecule has 0 aliphatic carbocycles. The predicted octanol–water partition coefficient (Wildman–Crippen LogP) is 5.40. The highest BCUT2D eigenvalue weighted by Gasteiger charge is 2.34. The molecular formula is C27H28Cl3N3O5S. The molecule has 0 spiro atoms. The second-order valence-corrected chi connectivity index (χ2v) is 11.5. The number of sulfonamides is 1. The van der Waals surface area contributed by atoms with E-state index in [0.29, 0.717) is 26.4 Å². The zero-order valence-electron chi connectivity index (χ0n) is 21.5. The lowest BCUT2D eigenvalue weighted by Crippen LogP contribution is -2.51. The van der Waals surface area contributed by atoms with Crippen LogP contribution in [0.3, 0.4) is 0 Å². The Morgan fingerprint density at radius 3 is 2.05 bits per heavy atom. The molecule has 1 N–H and O–H groups in total.